The van der Waals surface area contributed by atoms with Gasteiger partial charge in [0, 0.05) is 34.0 Å². The molecular formula is C14H22N2O3. The summed E-state index contributed by atoms with van der Waals surface area (Å²) in [6.07, 6.45) is 2.85. The van der Waals surface area contributed by atoms with E-state index < -0.39 is 0 Å². The molecule has 0 aromatic carbocycles. The molecule has 0 unspecified atom stereocenters. The summed E-state index contributed by atoms with van der Waals surface area (Å²) in [5.41, 5.74) is 1.75. The molecule has 2 rings (SSSR count). The highest BCUT2D eigenvalue weighted by molar-refractivity contribution is 5.94. The molecule has 2 atom stereocenters. The van der Waals surface area contributed by atoms with Crippen molar-refractivity contribution in [3.8, 4) is 0 Å². The SMILES string of the molecule is COC[C@@H]1C[C@@H](OC)CN1C(=O)c1c(C)ccn1C. The van der Waals surface area contributed by atoms with Gasteiger partial charge in [0.05, 0.1) is 18.8 Å². The summed E-state index contributed by atoms with van der Waals surface area (Å²) < 4.78 is 12.5. The summed E-state index contributed by atoms with van der Waals surface area (Å²) in [4.78, 5) is 14.6. The number of hydrogen-bond acceptors (Lipinski definition) is 3. The molecule has 1 aromatic heterocycles. The normalized spacial score (nSPS) is 23.1. The molecule has 0 saturated carbocycles. The smallest absolute Gasteiger partial charge is 0.271 e. The minimum absolute atomic E-state index is 0.0617. The van der Waals surface area contributed by atoms with Crippen molar-refractivity contribution in [3.63, 3.8) is 0 Å². The molecule has 1 aromatic rings. The summed E-state index contributed by atoms with van der Waals surface area (Å²) in [6.45, 7) is 3.14. The van der Waals surface area contributed by atoms with Crippen LogP contribution in [-0.2, 0) is 16.5 Å². The first-order valence-electron chi connectivity index (χ1n) is 6.53. The van der Waals surface area contributed by atoms with Crippen LogP contribution in [0.25, 0.3) is 0 Å². The third-order valence-electron chi connectivity index (χ3n) is 3.81. The van der Waals surface area contributed by atoms with Gasteiger partial charge in [0.15, 0.2) is 0 Å². The number of ether oxygens (including phenoxy) is 2. The highest BCUT2D eigenvalue weighted by Crippen LogP contribution is 2.23. The first kappa shape index (κ1) is 14.1. The predicted molar refractivity (Wildman–Crippen MR) is 72.3 cm³/mol. The minimum atomic E-state index is 0.0617. The molecule has 1 fully saturated rings. The standard InChI is InChI=1S/C14H22N2O3/c1-10-5-6-15(2)13(10)14(17)16-8-12(19-4)7-11(16)9-18-3/h5-6,11-12H,7-9H2,1-4H3/t11-,12+/m0/s1. The van der Waals surface area contributed by atoms with Crippen molar-refractivity contribution in [3.05, 3.63) is 23.5 Å². The van der Waals surface area contributed by atoms with Gasteiger partial charge in [0.1, 0.15) is 5.69 Å². The van der Waals surface area contributed by atoms with Crippen LogP contribution in [0.15, 0.2) is 12.3 Å². The van der Waals surface area contributed by atoms with E-state index in [0.717, 1.165) is 17.7 Å². The van der Waals surface area contributed by atoms with Crippen molar-refractivity contribution in [2.24, 2.45) is 7.05 Å². The van der Waals surface area contributed by atoms with Gasteiger partial charge in [-0.3, -0.25) is 4.79 Å². The highest BCUT2D eigenvalue weighted by atomic mass is 16.5. The Kier molecular flexibility index (Phi) is 4.27. The lowest BCUT2D eigenvalue weighted by molar-refractivity contribution is 0.0602. The molecule has 5 heteroatoms. The van der Waals surface area contributed by atoms with Crippen LogP contribution >= 0.6 is 0 Å². The van der Waals surface area contributed by atoms with E-state index in [9.17, 15) is 4.79 Å². The molecule has 2 heterocycles. The van der Waals surface area contributed by atoms with Gasteiger partial charge in [-0.25, -0.2) is 0 Å². The largest absolute Gasteiger partial charge is 0.383 e. The third kappa shape index (κ3) is 2.67. The van der Waals surface area contributed by atoms with Crippen molar-refractivity contribution in [2.45, 2.75) is 25.5 Å². The Morgan fingerprint density at radius 1 is 1.47 bits per heavy atom. The average Bonchev–Trinajstić information content (AvgIpc) is 2.93. The second-order valence-corrected chi connectivity index (χ2v) is 5.12. The lowest BCUT2D eigenvalue weighted by atomic mass is 10.2. The fourth-order valence-electron chi connectivity index (χ4n) is 2.75. The fourth-order valence-corrected chi connectivity index (χ4v) is 2.75. The zero-order chi connectivity index (χ0) is 14.0. The van der Waals surface area contributed by atoms with Crippen LogP contribution < -0.4 is 0 Å². The van der Waals surface area contributed by atoms with Crippen LogP contribution in [-0.4, -0.2) is 54.9 Å². The molecular weight excluding hydrogens is 244 g/mol. The molecule has 1 aliphatic rings. The van der Waals surface area contributed by atoms with E-state index in [1.165, 1.54) is 0 Å². The molecule has 0 bridgehead atoms. The second kappa shape index (κ2) is 5.75. The van der Waals surface area contributed by atoms with Crippen LogP contribution in [0.3, 0.4) is 0 Å². The summed E-state index contributed by atoms with van der Waals surface area (Å²) >= 11 is 0. The van der Waals surface area contributed by atoms with Gasteiger partial charge in [-0.1, -0.05) is 0 Å². The number of hydrogen-bond donors (Lipinski definition) is 0. The molecule has 0 spiro atoms. The zero-order valence-electron chi connectivity index (χ0n) is 12.0. The van der Waals surface area contributed by atoms with Gasteiger partial charge < -0.3 is 18.9 Å². The van der Waals surface area contributed by atoms with Crippen LogP contribution in [0.2, 0.25) is 0 Å². The van der Waals surface area contributed by atoms with Gasteiger partial charge in [0.25, 0.3) is 5.91 Å². The maximum atomic E-state index is 12.7. The van der Waals surface area contributed by atoms with Crippen LogP contribution in [0.5, 0.6) is 0 Å². The van der Waals surface area contributed by atoms with Gasteiger partial charge in [-0.2, -0.15) is 0 Å². The van der Waals surface area contributed by atoms with E-state index in [0.29, 0.717) is 13.2 Å². The molecule has 19 heavy (non-hydrogen) atoms. The Morgan fingerprint density at radius 2 is 2.21 bits per heavy atom. The van der Waals surface area contributed by atoms with Gasteiger partial charge >= 0.3 is 0 Å². The van der Waals surface area contributed by atoms with Crippen LogP contribution in [0, 0.1) is 6.92 Å². The number of amides is 1. The topological polar surface area (TPSA) is 43.7 Å². The summed E-state index contributed by atoms with van der Waals surface area (Å²) in [5, 5.41) is 0. The Morgan fingerprint density at radius 3 is 2.74 bits per heavy atom. The van der Waals surface area contributed by atoms with Crippen LogP contribution in [0.4, 0.5) is 0 Å². The summed E-state index contributed by atoms with van der Waals surface area (Å²) in [5.74, 6) is 0.0617. The zero-order valence-corrected chi connectivity index (χ0v) is 12.0. The van der Waals surface area contributed by atoms with E-state index >= 15 is 0 Å². The van der Waals surface area contributed by atoms with Gasteiger partial charge in [0.2, 0.25) is 0 Å². The molecule has 1 aliphatic heterocycles. The van der Waals surface area contributed by atoms with Crippen molar-refractivity contribution in [2.75, 3.05) is 27.4 Å². The lowest BCUT2D eigenvalue weighted by Gasteiger charge is -2.24. The molecule has 5 nitrogen and oxygen atoms in total. The monoisotopic (exact) mass is 266 g/mol. The van der Waals surface area contributed by atoms with Crippen molar-refractivity contribution >= 4 is 5.91 Å². The Hall–Kier alpha value is -1.33. The summed E-state index contributed by atoms with van der Waals surface area (Å²) in [7, 11) is 5.25. The number of aryl methyl sites for hydroxylation is 2. The Balaban J connectivity index is 2.21. The molecule has 1 saturated heterocycles. The van der Waals surface area contributed by atoms with Crippen molar-refractivity contribution in [1.29, 1.82) is 0 Å². The molecule has 106 valence electrons. The van der Waals surface area contributed by atoms with Gasteiger partial charge in [-0.15, -0.1) is 0 Å². The number of rotatable bonds is 4. The minimum Gasteiger partial charge on any atom is -0.383 e. The molecule has 1 amide bonds. The number of aromatic nitrogens is 1. The number of carbonyl (C=O) groups excluding carboxylic acids is 1. The Labute approximate surface area is 114 Å². The number of methoxy groups -OCH3 is 2. The van der Waals surface area contributed by atoms with E-state index in [2.05, 4.69) is 0 Å². The average molecular weight is 266 g/mol. The number of nitrogens with zero attached hydrogens (tertiary/aromatic N) is 2. The lowest BCUT2D eigenvalue weighted by Crippen LogP contribution is -2.39. The van der Waals surface area contributed by atoms with Crippen molar-refractivity contribution < 1.29 is 14.3 Å². The second-order valence-electron chi connectivity index (χ2n) is 5.12. The van der Waals surface area contributed by atoms with E-state index in [1.807, 2.05) is 35.7 Å². The Bertz CT molecular complexity index is 436. The maximum absolute atomic E-state index is 12.7. The fraction of sp³-hybridized carbons (Fsp3) is 0.643. The molecule has 0 N–H and O–H groups in total. The molecule has 0 aliphatic carbocycles. The predicted octanol–water partition coefficient (Wildman–Crippen LogP) is 1.21. The third-order valence-corrected chi connectivity index (χ3v) is 3.81. The van der Waals surface area contributed by atoms with Crippen LogP contribution in [0.1, 0.15) is 22.5 Å². The first-order valence-corrected chi connectivity index (χ1v) is 6.53. The summed E-state index contributed by atoms with van der Waals surface area (Å²) in [6, 6.07) is 2.05. The molecule has 0 radical (unpaired) electrons. The quantitative estimate of drug-likeness (QED) is 0.823. The first-order chi connectivity index (χ1) is 9.08. The van der Waals surface area contributed by atoms with E-state index in [-0.39, 0.29) is 18.1 Å². The number of carbonyl (C=O) groups is 1. The maximum Gasteiger partial charge on any atom is 0.271 e. The van der Waals surface area contributed by atoms with Crippen molar-refractivity contribution in [1.82, 2.24) is 9.47 Å². The number of likely N-dealkylation sites (tertiary alicyclic amines) is 1. The van der Waals surface area contributed by atoms with E-state index in [1.54, 1.807) is 14.2 Å². The van der Waals surface area contributed by atoms with E-state index in [4.69, 9.17) is 9.47 Å². The highest BCUT2D eigenvalue weighted by Gasteiger charge is 2.36. The van der Waals surface area contributed by atoms with Gasteiger partial charge in [-0.05, 0) is 25.0 Å².